The fraction of sp³-hybridized carbons (Fsp3) is 0.381. The van der Waals surface area contributed by atoms with Crippen LogP contribution in [0.15, 0.2) is 54.6 Å². The molecule has 2 aromatic rings. The van der Waals surface area contributed by atoms with Gasteiger partial charge >= 0.3 is 0 Å². The Bertz CT molecular complexity index is 744. The lowest BCUT2D eigenvalue weighted by molar-refractivity contribution is -0.124. The lowest BCUT2D eigenvalue weighted by Gasteiger charge is -2.35. The zero-order valence-corrected chi connectivity index (χ0v) is 14.9. The van der Waals surface area contributed by atoms with E-state index in [-0.39, 0.29) is 5.91 Å². The topological polar surface area (TPSA) is 44.8 Å². The summed E-state index contributed by atoms with van der Waals surface area (Å²) in [5.41, 5.74) is 3.24. The zero-order valence-electron chi connectivity index (χ0n) is 14.9. The number of carbonyl (C=O) groups excluding carboxylic acids is 1. The fourth-order valence-corrected chi connectivity index (χ4v) is 3.85. The lowest BCUT2D eigenvalue weighted by Crippen LogP contribution is -2.45. The summed E-state index contributed by atoms with van der Waals surface area (Å²) in [6.45, 7) is 4.62. The molecule has 5 heteroatoms. The molecule has 1 fully saturated rings. The normalized spacial score (nSPS) is 18.8. The molecule has 5 nitrogen and oxygen atoms in total. The van der Waals surface area contributed by atoms with Gasteiger partial charge in [-0.3, -0.25) is 14.5 Å². The van der Waals surface area contributed by atoms with Crippen molar-refractivity contribution in [2.24, 2.45) is 0 Å². The van der Waals surface area contributed by atoms with Crippen LogP contribution in [0.5, 0.6) is 0 Å². The van der Waals surface area contributed by atoms with E-state index in [1.54, 1.807) is 0 Å². The van der Waals surface area contributed by atoms with Gasteiger partial charge in [-0.05, 0) is 23.6 Å². The van der Waals surface area contributed by atoms with Gasteiger partial charge in [0.25, 0.3) is 5.91 Å². The predicted octanol–water partition coefficient (Wildman–Crippen LogP) is 2.54. The summed E-state index contributed by atoms with van der Waals surface area (Å²) < 4.78 is 0. The van der Waals surface area contributed by atoms with Crippen molar-refractivity contribution in [2.45, 2.75) is 18.9 Å². The van der Waals surface area contributed by atoms with Crippen LogP contribution in [-0.4, -0.2) is 43.6 Å². The van der Waals surface area contributed by atoms with Gasteiger partial charge in [-0.25, -0.2) is 0 Å². The van der Waals surface area contributed by atoms with Crippen LogP contribution in [0.3, 0.4) is 0 Å². The molecule has 0 aliphatic carbocycles. The molecule has 0 spiro atoms. The predicted molar refractivity (Wildman–Crippen MR) is 102 cm³/mol. The van der Waals surface area contributed by atoms with Crippen molar-refractivity contribution in [1.82, 2.24) is 10.2 Å². The van der Waals surface area contributed by atoms with Gasteiger partial charge in [-0.2, -0.15) is 5.06 Å². The minimum absolute atomic E-state index is 0.0182. The van der Waals surface area contributed by atoms with Gasteiger partial charge in [0.15, 0.2) is 0 Å². The fourth-order valence-electron chi connectivity index (χ4n) is 3.85. The van der Waals surface area contributed by atoms with Crippen LogP contribution >= 0.6 is 0 Å². The van der Waals surface area contributed by atoms with Crippen LogP contribution in [0.2, 0.25) is 0 Å². The molecule has 2 heterocycles. The number of fused-ring (bicyclic) bond motifs is 1. The Morgan fingerprint density at radius 1 is 1.00 bits per heavy atom. The van der Waals surface area contributed by atoms with Crippen LogP contribution in [0, 0.1) is 0 Å². The molecule has 1 amide bonds. The van der Waals surface area contributed by atoms with Crippen molar-refractivity contribution in [2.75, 3.05) is 37.8 Å². The maximum absolute atomic E-state index is 12.3. The molecule has 4 rings (SSSR count). The lowest BCUT2D eigenvalue weighted by atomic mass is 10.0. The van der Waals surface area contributed by atoms with Gasteiger partial charge in [0.1, 0.15) is 0 Å². The summed E-state index contributed by atoms with van der Waals surface area (Å²) in [5.74, 6) is 0.0182. The molecule has 2 aromatic carbocycles. The first-order chi connectivity index (χ1) is 12.8. The van der Waals surface area contributed by atoms with Crippen LogP contribution in [0.4, 0.5) is 5.69 Å². The van der Waals surface area contributed by atoms with Gasteiger partial charge < -0.3 is 5.32 Å². The van der Waals surface area contributed by atoms with Crippen LogP contribution < -0.4 is 10.4 Å². The van der Waals surface area contributed by atoms with Crippen molar-refractivity contribution in [1.29, 1.82) is 0 Å². The number of hydrogen-bond acceptors (Lipinski definition) is 4. The molecule has 2 aliphatic heterocycles. The van der Waals surface area contributed by atoms with Crippen LogP contribution in [-0.2, 0) is 16.1 Å². The van der Waals surface area contributed by atoms with E-state index in [2.05, 4.69) is 40.5 Å². The molecule has 0 bridgehead atoms. The van der Waals surface area contributed by atoms with Crippen molar-refractivity contribution >= 4 is 11.6 Å². The standard InChI is InChI=1S/C21H25N3O2/c25-21-16-18-8-4-5-9-20(18)24(21)26-15-10-19(17-6-2-1-3-7-17)23-13-11-22-12-14-23/h1-9,19,22H,10-16H2. The Labute approximate surface area is 154 Å². The van der Waals surface area contributed by atoms with Gasteiger partial charge in [-0.15, -0.1) is 0 Å². The molecule has 1 N–H and O–H groups in total. The molecule has 1 atom stereocenters. The molecule has 0 radical (unpaired) electrons. The Morgan fingerprint density at radius 3 is 2.54 bits per heavy atom. The Kier molecular flexibility index (Phi) is 5.29. The number of hydrogen-bond donors (Lipinski definition) is 1. The average molecular weight is 351 g/mol. The maximum Gasteiger partial charge on any atom is 0.255 e. The van der Waals surface area contributed by atoms with Crippen molar-refractivity contribution in [3.63, 3.8) is 0 Å². The molecular formula is C21H25N3O2. The number of rotatable bonds is 6. The van der Waals surface area contributed by atoms with Crippen molar-refractivity contribution in [3.8, 4) is 0 Å². The second-order valence-corrected chi connectivity index (χ2v) is 6.83. The largest absolute Gasteiger partial charge is 0.314 e. The second kappa shape index (κ2) is 7.99. The molecule has 0 saturated carbocycles. The molecule has 0 aromatic heterocycles. The highest BCUT2D eigenvalue weighted by atomic mass is 16.7. The van der Waals surface area contributed by atoms with Gasteiger partial charge in [-0.1, -0.05) is 48.5 Å². The number of nitrogens with zero attached hydrogens (tertiary/aromatic N) is 2. The summed E-state index contributed by atoms with van der Waals surface area (Å²) in [4.78, 5) is 20.7. The van der Waals surface area contributed by atoms with E-state index in [9.17, 15) is 4.79 Å². The third-order valence-corrected chi connectivity index (χ3v) is 5.17. The van der Waals surface area contributed by atoms with Crippen LogP contribution in [0.25, 0.3) is 0 Å². The van der Waals surface area contributed by atoms with Crippen LogP contribution in [0.1, 0.15) is 23.6 Å². The third-order valence-electron chi connectivity index (χ3n) is 5.17. The zero-order chi connectivity index (χ0) is 17.8. The van der Waals surface area contributed by atoms with E-state index in [4.69, 9.17) is 4.84 Å². The van der Waals surface area contributed by atoms with E-state index in [1.165, 1.54) is 10.6 Å². The summed E-state index contributed by atoms with van der Waals surface area (Å²) in [6, 6.07) is 18.8. The quantitative estimate of drug-likeness (QED) is 0.869. The average Bonchev–Trinajstić information content (AvgIpc) is 3.02. The van der Waals surface area contributed by atoms with Gasteiger partial charge in [0.2, 0.25) is 0 Å². The highest BCUT2D eigenvalue weighted by Gasteiger charge is 2.29. The first-order valence-electron chi connectivity index (χ1n) is 9.36. The Morgan fingerprint density at radius 2 is 1.73 bits per heavy atom. The Hall–Kier alpha value is -2.21. The summed E-state index contributed by atoms with van der Waals surface area (Å²) in [7, 11) is 0. The number of piperazine rings is 1. The molecule has 1 unspecified atom stereocenters. The molecule has 26 heavy (non-hydrogen) atoms. The number of carbonyl (C=O) groups is 1. The molecular weight excluding hydrogens is 326 g/mol. The van der Waals surface area contributed by atoms with Gasteiger partial charge in [0.05, 0.1) is 18.7 Å². The monoisotopic (exact) mass is 351 g/mol. The van der Waals surface area contributed by atoms with E-state index < -0.39 is 0 Å². The first-order valence-corrected chi connectivity index (χ1v) is 9.36. The first kappa shape index (κ1) is 17.2. The van der Waals surface area contributed by atoms with Gasteiger partial charge in [0, 0.05) is 32.2 Å². The highest BCUT2D eigenvalue weighted by Crippen LogP contribution is 2.30. The van der Waals surface area contributed by atoms with E-state index >= 15 is 0 Å². The number of nitrogens with one attached hydrogen (secondary N) is 1. The molecule has 2 aliphatic rings. The number of benzene rings is 2. The number of hydroxylamine groups is 1. The minimum Gasteiger partial charge on any atom is -0.314 e. The summed E-state index contributed by atoms with van der Waals surface area (Å²) in [6.07, 6.45) is 1.28. The van der Waals surface area contributed by atoms with E-state index in [0.717, 1.165) is 43.9 Å². The minimum atomic E-state index is 0.0182. The summed E-state index contributed by atoms with van der Waals surface area (Å²) in [5, 5.41) is 4.89. The molecule has 136 valence electrons. The smallest absolute Gasteiger partial charge is 0.255 e. The number of amides is 1. The molecule has 1 saturated heterocycles. The maximum atomic E-state index is 12.3. The summed E-state index contributed by atoms with van der Waals surface area (Å²) >= 11 is 0. The van der Waals surface area contributed by atoms with E-state index in [1.807, 2.05) is 24.3 Å². The SMILES string of the molecule is O=C1Cc2ccccc2N1OCCC(c1ccccc1)N1CCNCC1. The highest BCUT2D eigenvalue weighted by molar-refractivity contribution is 5.99. The van der Waals surface area contributed by atoms with E-state index in [0.29, 0.717) is 19.1 Å². The van der Waals surface area contributed by atoms with Crippen molar-refractivity contribution in [3.05, 3.63) is 65.7 Å². The third kappa shape index (κ3) is 3.65. The number of para-hydroxylation sites is 1. The number of anilines is 1. The van der Waals surface area contributed by atoms with Crippen molar-refractivity contribution < 1.29 is 9.63 Å². The second-order valence-electron chi connectivity index (χ2n) is 6.83. The Balaban J connectivity index is 1.43.